The van der Waals surface area contributed by atoms with Crippen molar-refractivity contribution in [1.82, 2.24) is 14.9 Å². The number of carbonyl (C=O) groups is 1. The first-order valence-electron chi connectivity index (χ1n) is 9.63. The van der Waals surface area contributed by atoms with E-state index < -0.39 is 23.7 Å². The molecule has 1 amide bonds. The molecule has 0 bridgehead atoms. The van der Waals surface area contributed by atoms with Gasteiger partial charge in [0.15, 0.2) is 11.4 Å². The first-order chi connectivity index (χ1) is 15.4. The highest BCUT2D eigenvalue weighted by Crippen LogP contribution is 2.34. The predicted octanol–water partition coefficient (Wildman–Crippen LogP) is 2.34. The number of alkyl halides is 3. The third-order valence-electron chi connectivity index (χ3n) is 4.25. The molecule has 1 aromatic carbocycles. The number of rotatable bonds is 9. The summed E-state index contributed by atoms with van der Waals surface area (Å²) in [5.74, 6) is -1.06. The zero-order valence-corrected chi connectivity index (χ0v) is 18.4. The molecule has 0 saturated heterocycles. The van der Waals surface area contributed by atoms with Gasteiger partial charge in [0.2, 0.25) is 17.7 Å². The summed E-state index contributed by atoms with van der Waals surface area (Å²) in [5, 5.41) is 14.4. The second-order valence-corrected chi connectivity index (χ2v) is 7.18. The zero-order valence-electron chi connectivity index (χ0n) is 18.4. The fourth-order valence-electron chi connectivity index (χ4n) is 2.60. The van der Waals surface area contributed by atoms with Crippen molar-refractivity contribution in [2.75, 3.05) is 50.7 Å². The van der Waals surface area contributed by atoms with Gasteiger partial charge in [0.05, 0.1) is 12.7 Å². The number of benzene rings is 1. The Kier molecular flexibility index (Phi) is 8.25. The minimum atomic E-state index is -4.64. The Bertz CT molecular complexity index is 1040. The van der Waals surface area contributed by atoms with Crippen LogP contribution in [0.15, 0.2) is 18.2 Å². The van der Waals surface area contributed by atoms with Gasteiger partial charge in [-0.25, -0.2) is 0 Å². The van der Waals surface area contributed by atoms with Crippen LogP contribution in [0.3, 0.4) is 0 Å². The van der Waals surface area contributed by atoms with E-state index in [-0.39, 0.29) is 41.3 Å². The van der Waals surface area contributed by atoms with E-state index in [1.165, 1.54) is 20.1 Å². The number of anilines is 3. The average molecular weight is 467 g/mol. The molecule has 0 aliphatic rings. The van der Waals surface area contributed by atoms with Gasteiger partial charge in [0.1, 0.15) is 24.5 Å². The number of nitrogen functional groups attached to an aromatic ring is 1. The molecule has 0 fully saturated rings. The maximum absolute atomic E-state index is 13.3. The molecule has 178 valence electrons. The van der Waals surface area contributed by atoms with E-state index in [2.05, 4.69) is 20.6 Å². The molecule has 2 aromatic rings. The van der Waals surface area contributed by atoms with Crippen molar-refractivity contribution in [3.8, 4) is 17.7 Å². The van der Waals surface area contributed by atoms with Crippen molar-refractivity contribution in [3.63, 3.8) is 0 Å². The van der Waals surface area contributed by atoms with Crippen molar-refractivity contribution in [3.05, 3.63) is 29.3 Å². The largest absolute Gasteiger partial charge is 0.492 e. The van der Waals surface area contributed by atoms with Crippen LogP contribution in [0.5, 0.6) is 11.6 Å². The molecule has 0 aliphatic heterocycles. The number of nitrogens with one attached hydrogen (secondary N) is 2. The van der Waals surface area contributed by atoms with Gasteiger partial charge in [0, 0.05) is 18.3 Å². The molecule has 0 spiro atoms. The number of methoxy groups -OCH3 is 1. The lowest BCUT2D eigenvalue weighted by molar-refractivity contribution is -0.137. The molecule has 1 atom stereocenters. The fourth-order valence-corrected chi connectivity index (χ4v) is 2.60. The minimum Gasteiger partial charge on any atom is -0.492 e. The van der Waals surface area contributed by atoms with Gasteiger partial charge < -0.3 is 30.7 Å². The fraction of sp³-hybridized carbons (Fsp3) is 0.400. The molecule has 1 aromatic heterocycles. The Morgan fingerprint density at radius 1 is 1.30 bits per heavy atom. The van der Waals surface area contributed by atoms with Crippen LogP contribution in [0, 0.1) is 11.3 Å². The van der Waals surface area contributed by atoms with Crippen LogP contribution < -0.4 is 25.8 Å². The predicted molar refractivity (Wildman–Crippen MR) is 115 cm³/mol. The van der Waals surface area contributed by atoms with Gasteiger partial charge in [-0.05, 0) is 33.2 Å². The van der Waals surface area contributed by atoms with Crippen LogP contribution in [0.25, 0.3) is 0 Å². The number of likely N-dealkylation sites (N-methyl/N-ethyl adjacent to an activating group) is 1. The maximum atomic E-state index is 13.3. The number of nitrogens with zero attached hydrogens (tertiary/aromatic N) is 4. The summed E-state index contributed by atoms with van der Waals surface area (Å²) in [6.45, 7) is 2.09. The molecular formula is C20H24F3N7O3. The van der Waals surface area contributed by atoms with Crippen LogP contribution in [-0.2, 0) is 11.0 Å². The Morgan fingerprint density at radius 3 is 2.58 bits per heavy atom. The summed E-state index contributed by atoms with van der Waals surface area (Å²) >= 11 is 0. The third kappa shape index (κ3) is 7.11. The molecule has 33 heavy (non-hydrogen) atoms. The van der Waals surface area contributed by atoms with Gasteiger partial charge in [-0.15, -0.1) is 0 Å². The van der Waals surface area contributed by atoms with E-state index in [0.717, 1.165) is 12.1 Å². The number of hydrogen-bond donors (Lipinski definition) is 3. The molecule has 0 saturated carbocycles. The standard InChI is InChI=1S/C20H24F3N7O3/c1-11(26-16-15(10-24)18(32-4)29-19(25)28-16)17(31)27-13-7-12(20(21,22)23)8-14(9-13)33-6-5-30(2)3/h7-9,11H,5-6H2,1-4H3,(H,27,31)(H3,25,26,28,29)/t11-/m0/s1. The quantitative estimate of drug-likeness (QED) is 0.507. The monoisotopic (exact) mass is 467 g/mol. The van der Waals surface area contributed by atoms with Gasteiger partial charge in [-0.2, -0.15) is 28.4 Å². The van der Waals surface area contributed by atoms with Crippen molar-refractivity contribution in [2.24, 2.45) is 0 Å². The molecule has 4 N–H and O–H groups in total. The Balaban J connectivity index is 2.23. The summed E-state index contributed by atoms with van der Waals surface area (Å²) in [6, 6.07) is 3.80. The van der Waals surface area contributed by atoms with Crippen molar-refractivity contribution >= 4 is 23.4 Å². The number of amides is 1. The van der Waals surface area contributed by atoms with Crippen LogP contribution in [0.2, 0.25) is 0 Å². The molecule has 13 heteroatoms. The smallest absolute Gasteiger partial charge is 0.416 e. The molecule has 0 unspecified atom stereocenters. The highest BCUT2D eigenvalue weighted by molar-refractivity contribution is 5.96. The normalized spacial score (nSPS) is 12.1. The highest BCUT2D eigenvalue weighted by atomic mass is 19.4. The SMILES string of the molecule is COc1nc(N)nc(N[C@@H](C)C(=O)Nc2cc(OCCN(C)C)cc(C(F)(F)F)c2)c1C#N. The number of nitriles is 1. The van der Waals surface area contributed by atoms with Crippen molar-refractivity contribution in [2.45, 2.75) is 19.1 Å². The molecular weight excluding hydrogens is 443 g/mol. The lowest BCUT2D eigenvalue weighted by atomic mass is 10.1. The van der Waals surface area contributed by atoms with Gasteiger partial charge >= 0.3 is 6.18 Å². The van der Waals surface area contributed by atoms with Crippen LogP contribution in [-0.4, -0.2) is 61.2 Å². The molecule has 2 rings (SSSR count). The Morgan fingerprint density at radius 2 is 2.00 bits per heavy atom. The molecule has 0 radical (unpaired) electrons. The van der Waals surface area contributed by atoms with Crippen molar-refractivity contribution < 1.29 is 27.4 Å². The topological polar surface area (TPSA) is 138 Å². The first-order valence-corrected chi connectivity index (χ1v) is 9.63. The van der Waals surface area contributed by atoms with Crippen LogP contribution in [0.4, 0.5) is 30.6 Å². The maximum Gasteiger partial charge on any atom is 0.416 e. The lowest BCUT2D eigenvalue weighted by Crippen LogP contribution is -2.32. The summed E-state index contributed by atoms with van der Waals surface area (Å²) in [4.78, 5) is 22.1. The number of aromatic nitrogens is 2. The Hall–Kier alpha value is -3.79. The molecule has 1 heterocycles. The lowest BCUT2D eigenvalue weighted by Gasteiger charge is -2.18. The van der Waals surface area contributed by atoms with Crippen LogP contribution >= 0.6 is 0 Å². The van der Waals surface area contributed by atoms with Crippen molar-refractivity contribution in [1.29, 1.82) is 5.26 Å². The zero-order chi connectivity index (χ0) is 24.8. The number of hydrogen-bond acceptors (Lipinski definition) is 9. The van der Waals surface area contributed by atoms with E-state index in [1.807, 2.05) is 11.0 Å². The summed E-state index contributed by atoms with van der Waals surface area (Å²) < 4.78 is 50.3. The van der Waals surface area contributed by atoms with E-state index in [9.17, 15) is 23.2 Å². The third-order valence-corrected chi connectivity index (χ3v) is 4.25. The van der Waals surface area contributed by atoms with Gasteiger partial charge in [-0.3, -0.25) is 4.79 Å². The average Bonchev–Trinajstić information content (AvgIpc) is 2.72. The number of ether oxygens (including phenoxy) is 2. The van der Waals surface area contributed by atoms with E-state index in [0.29, 0.717) is 6.54 Å². The number of nitrogens with two attached hydrogens (primary N) is 1. The Labute approximate surface area is 188 Å². The first kappa shape index (κ1) is 25.5. The molecule has 10 nitrogen and oxygen atoms in total. The van der Waals surface area contributed by atoms with E-state index in [1.54, 1.807) is 14.1 Å². The van der Waals surface area contributed by atoms with E-state index >= 15 is 0 Å². The number of carbonyl (C=O) groups excluding carboxylic acids is 1. The highest BCUT2D eigenvalue weighted by Gasteiger charge is 2.32. The van der Waals surface area contributed by atoms with Gasteiger partial charge in [-0.1, -0.05) is 0 Å². The summed E-state index contributed by atoms with van der Waals surface area (Å²) in [5.41, 5.74) is 4.43. The second kappa shape index (κ2) is 10.7. The number of halogens is 3. The summed E-state index contributed by atoms with van der Waals surface area (Å²) in [6.07, 6.45) is -4.64. The van der Waals surface area contributed by atoms with E-state index in [4.69, 9.17) is 15.2 Å². The summed E-state index contributed by atoms with van der Waals surface area (Å²) in [7, 11) is 4.89. The van der Waals surface area contributed by atoms with Gasteiger partial charge in [0.25, 0.3) is 0 Å². The minimum absolute atomic E-state index is 0.0392. The second-order valence-electron chi connectivity index (χ2n) is 7.18. The van der Waals surface area contributed by atoms with Crippen LogP contribution in [0.1, 0.15) is 18.1 Å². The molecule has 0 aliphatic carbocycles.